The Kier molecular flexibility index (Phi) is 3.63. The Hall–Kier alpha value is -1.87. The van der Waals surface area contributed by atoms with Crippen LogP contribution in [0.2, 0.25) is 5.02 Å². The highest BCUT2D eigenvalue weighted by atomic mass is 35.5. The summed E-state index contributed by atoms with van der Waals surface area (Å²) in [6, 6.07) is 11.2. The van der Waals surface area contributed by atoms with Crippen LogP contribution in [-0.4, -0.2) is 7.11 Å². The summed E-state index contributed by atoms with van der Waals surface area (Å²) in [5.74, 6) is 0.758. The zero-order chi connectivity index (χ0) is 13.1. The molecule has 4 heteroatoms. The number of methoxy groups -OCH3 is 1. The molecule has 3 N–H and O–H groups in total. The van der Waals surface area contributed by atoms with Gasteiger partial charge in [0.15, 0.2) is 0 Å². The molecule has 0 spiro atoms. The average molecular weight is 263 g/mol. The lowest BCUT2D eigenvalue weighted by molar-refractivity contribution is 0.415. The number of halogens is 1. The Balaban J connectivity index is 2.30. The van der Waals surface area contributed by atoms with Crippen LogP contribution in [0.3, 0.4) is 0 Å². The van der Waals surface area contributed by atoms with Gasteiger partial charge in [-0.3, -0.25) is 0 Å². The van der Waals surface area contributed by atoms with E-state index in [9.17, 15) is 0 Å². The van der Waals surface area contributed by atoms with E-state index in [1.807, 2.05) is 37.3 Å². The Bertz CT molecular complexity index is 570. The maximum absolute atomic E-state index is 6.13. The van der Waals surface area contributed by atoms with Gasteiger partial charge in [-0.2, -0.15) is 0 Å². The first kappa shape index (κ1) is 12.6. The van der Waals surface area contributed by atoms with E-state index in [-0.39, 0.29) is 0 Å². The van der Waals surface area contributed by atoms with E-state index in [4.69, 9.17) is 22.1 Å². The van der Waals surface area contributed by atoms with Crippen molar-refractivity contribution in [3.05, 3.63) is 47.0 Å². The van der Waals surface area contributed by atoms with E-state index >= 15 is 0 Å². The number of aryl methyl sites for hydroxylation is 1. The van der Waals surface area contributed by atoms with E-state index in [2.05, 4.69) is 5.32 Å². The summed E-state index contributed by atoms with van der Waals surface area (Å²) in [7, 11) is 1.63. The molecule has 2 aromatic carbocycles. The fraction of sp³-hybridized carbons (Fsp3) is 0.143. The van der Waals surface area contributed by atoms with Crippen molar-refractivity contribution in [2.75, 3.05) is 18.2 Å². The Morgan fingerprint density at radius 3 is 2.61 bits per heavy atom. The SMILES string of the molecule is COc1ccc(Cl)c(Nc2ccc(N)c(C)c2)c1. The van der Waals surface area contributed by atoms with Crippen LogP contribution in [0.5, 0.6) is 5.75 Å². The summed E-state index contributed by atoms with van der Waals surface area (Å²) in [6.07, 6.45) is 0. The van der Waals surface area contributed by atoms with Crippen LogP contribution >= 0.6 is 11.6 Å². The van der Waals surface area contributed by atoms with Crippen molar-refractivity contribution in [3.63, 3.8) is 0 Å². The summed E-state index contributed by atoms with van der Waals surface area (Å²) in [6.45, 7) is 1.97. The fourth-order valence-corrected chi connectivity index (χ4v) is 1.80. The molecule has 0 aliphatic carbocycles. The monoisotopic (exact) mass is 262 g/mol. The highest BCUT2D eigenvalue weighted by Crippen LogP contribution is 2.30. The van der Waals surface area contributed by atoms with Crippen molar-refractivity contribution in [3.8, 4) is 5.75 Å². The average Bonchev–Trinajstić information content (AvgIpc) is 2.36. The topological polar surface area (TPSA) is 47.3 Å². The maximum Gasteiger partial charge on any atom is 0.121 e. The predicted octanol–water partition coefficient (Wildman–Crippen LogP) is 3.98. The third kappa shape index (κ3) is 2.68. The third-order valence-corrected chi connectivity index (χ3v) is 3.05. The first-order valence-corrected chi connectivity index (χ1v) is 5.94. The number of rotatable bonds is 3. The van der Waals surface area contributed by atoms with Crippen LogP contribution in [0.25, 0.3) is 0 Å². The maximum atomic E-state index is 6.13. The second-order valence-electron chi connectivity index (χ2n) is 4.04. The van der Waals surface area contributed by atoms with Gasteiger partial charge in [0.1, 0.15) is 5.75 Å². The summed E-state index contributed by atoms with van der Waals surface area (Å²) < 4.78 is 5.17. The van der Waals surface area contributed by atoms with E-state index in [1.54, 1.807) is 13.2 Å². The molecule has 0 heterocycles. The number of benzene rings is 2. The van der Waals surface area contributed by atoms with Crippen LogP contribution in [0.1, 0.15) is 5.56 Å². The van der Waals surface area contributed by atoms with Crippen LogP contribution in [0.4, 0.5) is 17.1 Å². The Morgan fingerprint density at radius 2 is 1.94 bits per heavy atom. The van der Waals surface area contributed by atoms with Gasteiger partial charge in [0.25, 0.3) is 0 Å². The minimum Gasteiger partial charge on any atom is -0.497 e. The lowest BCUT2D eigenvalue weighted by atomic mass is 10.2. The van der Waals surface area contributed by atoms with Crippen LogP contribution in [-0.2, 0) is 0 Å². The molecular formula is C14H15ClN2O. The summed E-state index contributed by atoms with van der Waals surface area (Å²) in [5, 5.41) is 3.89. The zero-order valence-electron chi connectivity index (χ0n) is 10.3. The normalized spacial score (nSPS) is 10.2. The van der Waals surface area contributed by atoms with E-state index in [0.29, 0.717) is 5.02 Å². The van der Waals surface area contributed by atoms with Gasteiger partial charge < -0.3 is 15.8 Å². The molecule has 0 atom stereocenters. The number of nitrogens with two attached hydrogens (primary N) is 1. The lowest BCUT2D eigenvalue weighted by Crippen LogP contribution is -1.95. The molecule has 0 aliphatic heterocycles. The Morgan fingerprint density at radius 1 is 1.17 bits per heavy atom. The number of nitrogen functional groups attached to an aromatic ring is 1. The molecule has 0 radical (unpaired) electrons. The van der Waals surface area contributed by atoms with Crippen LogP contribution < -0.4 is 15.8 Å². The van der Waals surface area contributed by atoms with E-state index < -0.39 is 0 Å². The van der Waals surface area contributed by atoms with Gasteiger partial charge in [-0.25, -0.2) is 0 Å². The minimum absolute atomic E-state index is 0.644. The zero-order valence-corrected chi connectivity index (χ0v) is 11.1. The number of hydrogen-bond donors (Lipinski definition) is 2. The van der Waals surface area contributed by atoms with Crippen molar-refractivity contribution in [2.24, 2.45) is 0 Å². The molecule has 0 fully saturated rings. The Labute approximate surface area is 112 Å². The largest absolute Gasteiger partial charge is 0.497 e. The predicted molar refractivity (Wildman–Crippen MR) is 76.9 cm³/mol. The molecule has 0 saturated carbocycles. The first-order valence-electron chi connectivity index (χ1n) is 5.57. The highest BCUT2D eigenvalue weighted by Gasteiger charge is 2.04. The van der Waals surface area contributed by atoms with Crippen molar-refractivity contribution >= 4 is 28.7 Å². The molecular weight excluding hydrogens is 248 g/mol. The summed E-state index contributed by atoms with van der Waals surface area (Å²) in [4.78, 5) is 0. The molecule has 3 nitrogen and oxygen atoms in total. The molecule has 2 aromatic rings. The highest BCUT2D eigenvalue weighted by molar-refractivity contribution is 6.33. The van der Waals surface area contributed by atoms with E-state index in [1.165, 1.54) is 0 Å². The van der Waals surface area contributed by atoms with Crippen molar-refractivity contribution in [1.82, 2.24) is 0 Å². The molecule has 0 aromatic heterocycles. The van der Waals surface area contributed by atoms with Crippen molar-refractivity contribution in [2.45, 2.75) is 6.92 Å². The van der Waals surface area contributed by atoms with Gasteiger partial charge in [-0.15, -0.1) is 0 Å². The summed E-state index contributed by atoms with van der Waals surface area (Å²) in [5.41, 5.74) is 9.33. The van der Waals surface area contributed by atoms with Crippen LogP contribution in [0.15, 0.2) is 36.4 Å². The van der Waals surface area contributed by atoms with Gasteiger partial charge in [-0.05, 0) is 42.8 Å². The molecule has 0 saturated heterocycles. The molecule has 0 unspecified atom stereocenters. The summed E-state index contributed by atoms with van der Waals surface area (Å²) >= 11 is 6.13. The molecule has 2 rings (SSSR count). The minimum atomic E-state index is 0.644. The first-order chi connectivity index (χ1) is 8.60. The molecule has 18 heavy (non-hydrogen) atoms. The lowest BCUT2D eigenvalue weighted by Gasteiger charge is -2.11. The number of hydrogen-bond acceptors (Lipinski definition) is 3. The fourth-order valence-electron chi connectivity index (χ4n) is 1.64. The smallest absolute Gasteiger partial charge is 0.121 e. The van der Waals surface area contributed by atoms with Gasteiger partial charge in [0.2, 0.25) is 0 Å². The van der Waals surface area contributed by atoms with Gasteiger partial charge in [0.05, 0.1) is 17.8 Å². The van der Waals surface area contributed by atoms with E-state index in [0.717, 1.165) is 28.4 Å². The second kappa shape index (κ2) is 5.19. The molecule has 94 valence electrons. The molecule has 0 amide bonds. The third-order valence-electron chi connectivity index (χ3n) is 2.72. The quantitative estimate of drug-likeness (QED) is 0.823. The number of nitrogens with one attached hydrogen (secondary N) is 1. The number of ether oxygens (including phenoxy) is 1. The van der Waals surface area contributed by atoms with Crippen LogP contribution in [0, 0.1) is 6.92 Å². The van der Waals surface area contributed by atoms with Crippen molar-refractivity contribution < 1.29 is 4.74 Å². The molecule has 0 bridgehead atoms. The molecule has 0 aliphatic rings. The van der Waals surface area contributed by atoms with Gasteiger partial charge >= 0.3 is 0 Å². The number of anilines is 3. The second-order valence-corrected chi connectivity index (χ2v) is 4.45. The van der Waals surface area contributed by atoms with Gasteiger partial charge in [-0.1, -0.05) is 11.6 Å². The standard InChI is InChI=1S/C14H15ClN2O/c1-9-7-10(3-6-13(9)16)17-14-8-11(18-2)4-5-12(14)15/h3-8,17H,16H2,1-2H3. The van der Waals surface area contributed by atoms with Gasteiger partial charge in [0, 0.05) is 17.4 Å². The van der Waals surface area contributed by atoms with Crippen molar-refractivity contribution in [1.29, 1.82) is 0 Å².